The number of anilines is 1. The second-order valence-corrected chi connectivity index (χ2v) is 7.40. The average Bonchev–Trinajstić information content (AvgIpc) is 3.03. The summed E-state index contributed by atoms with van der Waals surface area (Å²) in [6.07, 6.45) is -1.07. The summed E-state index contributed by atoms with van der Waals surface area (Å²) in [4.78, 5) is 25.4. The fourth-order valence-corrected chi connectivity index (χ4v) is 3.22. The Morgan fingerprint density at radius 2 is 2.03 bits per heavy atom. The number of nitrogens with one attached hydrogen (secondary N) is 1. The molecule has 3 rings (SSSR count). The lowest BCUT2D eigenvalue weighted by Gasteiger charge is -2.21. The highest BCUT2D eigenvalue weighted by molar-refractivity contribution is 6.30. The fraction of sp³-hybridized carbons (Fsp3) is 0.333. The van der Waals surface area contributed by atoms with E-state index in [1.807, 2.05) is 0 Å². The molecular formula is C21H23ClN2O6. The van der Waals surface area contributed by atoms with Gasteiger partial charge in [-0.1, -0.05) is 11.6 Å². The van der Waals surface area contributed by atoms with E-state index >= 15 is 0 Å². The number of aliphatic hydroxyl groups excluding tert-OH is 1. The van der Waals surface area contributed by atoms with Crippen LogP contribution in [0.15, 0.2) is 42.5 Å². The van der Waals surface area contributed by atoms with E-state index in [4.69, 9.17) is 21.1 Å². The zero-order valence-corrected chi connectivity index (χ0v) is 17.1. The number of nitrogens with zero attached hydrogens (tertiary/aromatic N) is 1. The summed E-state index contributed by atoms with van der Waals surface area (Å²) in [5, 5.41) is 23.1. The zero-order chi connectivity index (χ0) is 21.7. The minimum Gasteiger partial charge on any atom is -0.508 e. The van der Waals surface area contributed by atoms with Gasteiger partial charge in [0.1, 0.15) is 30.0 Å². The maximum atomic E-state index is 12.5. The predicted octanol–water partition coefficient (Wildman–Crippen LogP) is 2.42. The van der Waals surface area contributed by atoms with Crippen molar-refractivity contribution >= 4 is 29.1 Å². The molecule has 160 valence electrons. The number of aliphatic hydroxyl groups is 1. The van der Waals surface area contributed by atoms with Crippen LogP contribution < -0.4 is 14.8 Å². The van der Waals surface area contributed by atoms with Crippen molar-refractivity contribution in [1.29, 1.82) is 0 Å². The number of ether oxygens (including phenoxy) is 2. The number of hydrogen-bond donors (Lipinski definition) is 3. The lowest BCUT2D eigenvalue weighted by Crippen LogP contribution is -2.39. The molecule has 0 bridgehead atoms. The molecule has 1 aliphatic rings. The van der Waals surface area contributed by atoms with Crippen LogP contribution in [0.4, 0.5) is 5.69 Å². The van der Waals surface area contributed by atoms with Crippen LogP contribution in [-0.2, 0) is 9.59 Å². The normalized spacial score (nSPS) is 17.0. The van der Waals surface area contributed by atoms with Crippen molar-refractivity contribution in [2.75, 3.05) is 25.0 Å². The van der Waals surface area contributed by atoms with E-state index in [2.05, 4.69) is 5.32 Å². The van der Waals surface area contributed by atoms with Gasteiger partial charge < -0.3 is 29.9 Å². The van der Waals surface area contributed by atoms with Gasteiger partial charge in [0.05, 0.1) is 12.2 Å². The number of benzene rings is 2. The quantitative estimate of drug-likeness (QED) is 0.551. The summed E-state index contributed by atoms with van der Waals surface area (Å²) < 4.78 is 11.3. The van der Waals surface area contributed by atoms with Crippen LogP contribution >= 0.6 is 11.6 Å². The number of β-amino-alcohol motifs (C(OH)–C–C–N with tert-alkyl or cyclic N) is 1. The van der Waals surface area contributed by atoms with Gasteiger partial charge in [0.2, 0.25) is 5.91 Å². The first-order chi connectivity index (χ1) is 14.3. The molecule has 1 saturated heterocycles. The van der Waals surface area contributed by atoms with Crippen molar-refractivity contribution in [3.05, 3.63) is 47.5 Å². The topological polar surface area (TPSA) is 108 Å². The highest BCUT2D eigenvalue weighted by Gasteiger charge is 2.34. The summed E-state index contributed by atoms with van der Waals surface area (Å²) in [7, 11) is 0. The molecule has 0 saturated carbocycles. The number of halogens is 1. The predicted molar refractivity (Wildman–Crippen MR) is 111 cm³/mol. The molecule has 2 amide bonds. The number of amides is 2. The Labute approximate surface area is 179 Å². The van der Waals surface area contributed by atoms with Gasteiger partial charge in [-0.15, -0.1) is 0 Å². The molecule has 9 heteroatoms. The summed E-state index contributed by atoms with van der Waals surface area (Å²) >= 11 is 5.85. The van der Waals surface area contributed by atoms with Gasteiger partial charge in [0.25, 0.3) is 5.91 Å². The Hall–Kier alpha value is -2.97. The van der Waals surface area contributed by atoms with Crippen molar-refractivity contribution < 1.29 is 29.3 Å². The first-order valence-corrected chi connectivity index (χ1v) is 9.82. The molecule has 1 aliphatic heterocycles. The van der Waals surface area contributed by atoms with E-state index < -0.39 is 12.2 Å². The van der Waals surface area contributed by atoms with Crippen LogP contribution in [0.2, 0.25) is 5.02 Å². The third-order valence-electron chi connectivity index (χ3n) is 4.48. The lowest BCUT2D eigenvalue weighted by molar-refractivity contribution is -0.134. The van der Waals surface area contributed by atoms with E-state index in [-0.39, 0.29) is 36.5 Å². The Kier molecular flexibility index (Phi) is 7.02. The summed E-state index contributed by atoms with van der Waals surface area (Å²) in [6.45, 7) is 1.76. The van der Waals surface area contributed by atoms with Gasteiger partial charge in [-0.25, -0.2) is 0 Å². The number of carbonyl (C=O) groups excluding carboxylic acids is 2. The van der Waals surface area contributed by atoms with Gasteiger partial charge in [0.15, 0.2) is 6.10 Å². The standard InChI is InChI=1S/C21H23ClN2O6/c1-13(25)23-18-7-4-15(26)10-20(18)29-12-16(27)11-24-9-8-19(21(24)28)30-17-5-2-14(22)3-6-17/h2-7,10,16,19,26-27H,8-9,11-12H2,1H3,(H,23,25)/t16-,19?/m1/s1. The second kappa shape index (κ2) is 9.69. The second-order valence-electron chi connectivity index (χ2n) is 6.96. The van der Waals surface area contributed by atoms with Crippen LogP contribution in [0.25, 0.3) is 0 Å². The molecule has 0 aromatic heterocycles. The smallest absolute Gasteiger partial charge is 0.263 e. The van der Waals surface area contributed by atoms with Crippen molar-refractivity contribution in [2.45, 2.75) is 25.6 Å². The Balaban J connectivity index is 1.52. The molecule has 1 unspecified atom stereocenters. The Bertz CT molecular complexity index is 905. The van der Waals surface area contributed by atoms with E-state index in [0.29, 0.717) is 29.4 Å². The molecule has 0 spiro atoms. The number of likely N-dealkylation sites (tertiary alicyclic amines) is 1. The highest BCUT2D eigenvalue weighted by Crippen LogP contribution is 2.29. The van der Waals surface area contributed by atoms with Crippen molar-refractivity contribution in [3.63, 3.8) is 0 Å². The largest absolute Gasteiger partial charge is 0.508 e. The molecule has 0 aliphatic carbocycles. The lowest BCUT2D eigenvalue weighted by atomic mass is 10.2. The van der Waals surface area contributed by atoms with Crippen molar-refractivity contribution in [2.24, 2.45) is 0 Å². The molecule has 8 nitrogen and oxygen atoms in total. The number of rotatable bonds is 8. The molecule has 2 atom stereocenters. The summed E-state index contributed by atoms with van der Waals surface area (Å²) in [5.41, 5.74) is 0.376. The van der Waals surface area contributed by atoms with E-state index in [0.717, 1.165) is 0 Å². The SMILES string of the molecule is CC(=O)Nc1ccc(O)cc1OC[C@H](O)CN1CCC(Oc2ccc(Cl)cc2)C1=O. The van der Waals surface area contributed by atoms with Crippen molar-refractivity contribution in [1.82, 2.24) is 4.90 Å². The minimum atomic E-state index is -0.962. The summed E-state index contributed by atoms with van der Waals surface area (Å²) in [6, 6.07) is 11.0. The Morgan fingerprint density at radius 3 is 2.73 bits per heavy atom. The van der Waals surface area contributed by atoms with Gasteiger partial charge in [-0.3, -0.25) is 9.59 Å². The highest BCUT2D eigenvalue weighted by atomic mass is 35.5. The average molecular weight is 435 g/mol. The van der Waals surface area contributed by atoms with Gasteiger partial charge >= 0.3 is 0 Å². The van der Waals surface area contributed by atoms with Crippen LogP contribution in [0.3, 0.4) is 0 Å². The van der Waals surface area contributed by atoms with Crippen molar-refractivity contribution in [3.8, 4) is 17.2 Å². The number of aromatic hydroxyl groups is 1. The van der Waals surface area contributed by atoms with E-state index in [1.165, 1.54) is 30.0 Å². The molecule has 2 aromatic rings. The summed E-state index contributed by atoms with van der Waals surface area (Å²) in [5.74, 6) is 0.241. The molecule has 30 heavy (non-hydrogen) atoms. The third kappa shape index (κ3) is 5.77. The molecule has 1 fully saturated rings. The maximum absolute atomic E-state index is 12.5. The number of hydrogen-bond acceptors (Lipinski definition) is 6. The molecule has 3 N–H and O–H groups in total. The first kappa shape index (κ1) is 21.7. The third-order valence-corrected chi connectivity index (χ3v) is 4.73. The van der Waals surface area contributed by atoms with Gasteiger partial charge in [0, 0.05) is 31.0 Å². The van der Waals surface area contributed by atoms with Gasteiger partial charge in [-0.05, 0) is 36.4 Å². The molecular weight excluding hydrogens is 412 g/mol. The first-order valence-electron chi connectivity index (χ1n) is 9.44. The van der Waals surface area contributed by atoms with Crippen LogP contribution in [0.1, 0.15) is 13.3 Å². The van der Waals surface area contributed by atoms with Crippen LogP contribution in [0.5, 0.6) is 17.2 Å². The van der Waals surface area contributed by atoms with Gasteiger partial charge in [-0.2, -0.15) is 0 Å². The van der Waals surface area contributed by atoms with E-state index in [1.54, 1.807) is 24.3 Å². The minimum absolute atomic E-state index is 0.0366. The van der Waals surface area contributed by atoms with Crippen LogP contribution in [-0.4, -0.2) is 58.8 Å². The Morgan fingerprint density at radius 1 is 1.30 bits per heavy atom. The fourth-order valence-electron chi connectivity index (χ4n) is 3.09. The number of phenolic OH excluding ortho intramolecular Hbond substituents is 1. The number of carbonyl (C=O) groups is 2. The molecule has 2 aromatic carbocycles. The zero-order valence-electron chi connectivity index (χ0n) is 16.4. The monoisotopic (exact) mass is 434 g/mol. The molecule has 1 heterocycles. The van der Waals surface area contributed by atoms with Crippen LogP contribution in [0, 0.1) is 0 Å². The number of phenols is 1. The maximum Gasteiger partial charge on any atom is 0.263 e. The van der Waals surface area contributed by atoms with E-state index in [9.17, 15) is 19.8 Å². The molecule has 0 radical (unpaired) electrons.